The summed E-state index contributed by atoms with van der Waals surface area (Å²) >= 11 is 0. The van der Waals surface area contributed by atoms with Gasteiger partial charge in [-0.25, -0.2) is 4.79 Å². The highest BCUT2D eigenvalue weighted by molar-refractivity contribution is 5.94. The first kappa shape index (κ1) is 45.5. The largest absolute Gasteiger partial charge is 0.481 e. The van der Waals surface area contributed by atoms with Gasteiger partial charge in [-0.2, -0.15) is 0 Å². The number of allylic oxidation sites excluding steroid dienone is 1. The molecule has 1 rings (SSSR count). The Morgan fingerprint density at radius 2 is 1.55 bits per heavy atom. The summed E-state index contributed by atoms with van der Waals surface area (Å²) in [7, 11) is 1.45. The number of ether oxygens (including phenoxy) is 3. The topological polar surface area (TPSA) is 128 Å². The first-order valence-electron chi connectivity index (χ1n) is 18.9. The van der Waals surface area contributed by atoms with Crippen molar-refractivity contribution in [3.05, 3.63) is 42.0 Å². The quantitative estimate of drug-likeness (QED) is 0.0413. The van der Waals surface area contributed by atoms with Crippen LogP contribution >= 0.6 is 0 Å². The van der Waals surface area contributed by atoms with Crippen molar-refractivity contribution >= 4 is 23.4 Å². The van der Waals surface area contributed by atoms with Gasteiger partial charge in [0.2, 0.25) is 5.91 Å². The molecule has 2 N–H and O–H groups in total. The molecule has 0 aliphatic carbocycles. The van der Waals surface area contributed by atoms with Gasteiger partial charge < -0.3 is 24.6 Å². The van der Waals surface area contributed by atoms with Gasteiger partial charge in [0.05, 0.1) is 12.0 Å². The van der Waals surface area contributed by atoms with Crippen molar-refractivity contribution < 1.29 is 38.5 Å². The Labute approximate surface area is 307 Å². The molecule has 0 fully saturated rings. The van der Waals surface area contributed by atoms with E-state index in [1.165, 1.54) is 26.4 Å². The van der Waals surface area contributed by atoms with Crippen LogP contribution in [0, 0.1) is 17.8 Å². The molecule has 0 aliphatic rings. The minimum Gasteiger partial charge on any atom is -0.481 e. The van der Waals surface area contributed by atoms with Gasteiger partial charge in [-0.05, 0) is 77.5 Å². The first-order chi connectivity index (χ1) is 24.3. The number of methoxy groups -OCH3 is 1. The Morgan fingerprint density at radius 3 is 2.12 bits per heavy atom. The SMILES string of the molecule is CC#CCOc1ccc(C[C@H](NC(=O)[C@@H](/C=C/CCCCCCC(=O)CCCCCCC)[C@@](O)(CCOC)C(=O)OC(C)(C)C)C(=O)CC)cc1. The number of hydrogen-bond acceptors (Lipinski definition) is 8. The van der Waals surface area contributed by atoms with Crippen LogP contribution in [-0.2, 0) is 35.1 Å². The number of Topliss-reactive ketones (excluding diaryl/α,β-unsaturated/α-hetero) is 2. The summed E-state index contributed by atoms with van der Waals surface area (Å²) < 4.78 is 16.4. The standard InChI is InChI=1S/C42H65NO8/c1-8-11-13-16-19-22-34(44)23-20-17-14-15-18-21-24-36(42(48,29-31-49-7)40(47)51-41(4,5)6)39(46)43-37(38(45)10-3)32-33-25-27-35(28-26-33)50-30-12-9-2/h21,24-28,36-37,48H,8,10-11,13-20,22-23,29-32H2,1-7H3,(H,43,46)/b24-21+/t36-,37+,42+/m1/s1. The maximum atomic E-state index is 14.1. The lowest BCUT2D eigenvalue weighted by Crippen LogP contribution is -2.56. The van der Waals surface area contributed by atoms with Crippen molar-refractivity contribution in [2.45, 2.75) is 155 Å². The fourth-order valence-corrected chi connectivity index (χ4v) is 5.60. The smallest absolute Gasteiger partial charge is 0.339 e. The predicted octanol–water partition coefficient (Wildman–Crippen LogP) is 7.65. The summed E-state index contributed by atoms with van der Waals surface area (Å²) in [4.78, 5) is 52.9. The number of benzene rings is 1. The second-order valence-corrected chi connectivity index (χ2v) is 14.2. The molecule has 0 aromatic heterocycles. The summed E-state index contributed by atoms with van der Waals surface area (Å²) in [6, 6.07) is 6.34. The molecule has 9 heteroatoms. The van der Waals surface area contributed by atoms with Crippen molar-refractivity contribution in [3.63, 3.8) is 0 Å². The number of ketones is 2. The molecule has 3 atom stereocenters. The molecule has 1 amide bonds. The predicted molar refractivity (Wildman–Crippen MR) is 202 cm³/mol. The Balaban J connectivity index is 3.08. The molecule has 0 radical (unpaired) electrons. The molecule has 0 saturated carbocycles. The molecule has 1 aromatic carbocycles. The molecule has 1 aromatic rings. The molecule has 0 heterocycles. The minimum absolute atomic E-state index is 0.000397. The number of unbranched alkanes of at least 4 members (excludes halogenated alkanes) is 8. The number of aliphatic hydroxyl groups is 1. The summed E-state index contributed by atoms with van der Waals surface area (Å²) in [5, 5.41) is 14.8. The number of amides is 1. The van der Waals surface area contributed by atoms with E-state index in [1.807, 2.05) is 12.1 Å². The van der Waals surface area contributed by atoms with E-state index in [4.69, 9.17) is 14.2 Å². The highest BCUT2D eigenvalue weighted by atomic mass is 16.6. The van der Waals surface area contributed by atoms with E-state index in [0.29, 0.717) is 30.8 Å². The average molecular weight is 712 g/mol. The number of hydrogen-bond donors (Lipinski definition) is 2. The van der Waals surface area contributed by atoms with Crippen LogP contribution in [0.3, 0.4) is 0 Å². The third-order valence-electron chi connectivity index (χ3n) is 8.61. The van der Waals surface area contributed by atoms with Crippen molar-refractivity contribution in [3.8, 4) is 17.6 Å². The third-order valence-corrected chi connectivity index (χ3v) is 8.61. The molecule has 0 saturated heterocycles. The Morgan fingerprint density at radius 1 is 0.922 bits per heavy atom. The lowest BCUT2D eigenvalue weighted by Gasteiger charge is -2.35. The van der Waals surface area contributed by atoms with Crippen molar-refractivity contribution in [2.75, 3.05) is 20.3 Å². The summed E-state index contributed by atoms with van der Waals surface area (Å²) in [6.45, 7) is 11.0. The number of rotatable bonds is 27. The summed E-state index contributed by atoms with van der Waals surface area (Å²) in [5.74, 6) is 3.47. The minimum atomic E-state index is -2.25. The van der Waals surface area contributed by atoms with Gasteiger partial charge in [0.25, 0.3) is 0 Å². The fraction of sp³-hybridized carbons (Fsp3) is 0.667. The molecule has 0 unspecified atom stereocenters. The Kier molecular flexibility index (Phi) is 22.7. The Hall–Kier alpha value is -3.48. The van der Waals surface area contributed by atoms with Crippen LogP contribution < -0.4 is 10.1 Å². The fourth-order valence-electron chi connectivity index (χ4n) is 5.60. The first-order valence-corrected chi connectivity index (χ1v) is 18.9. The third kappa shape index (κ3) is 19.1. The van der Waals surface area contributed by atoms with Crippen LogP contribution in [0.2, 0.25) is 0 Å². The second-order valence-electron chi connectivity index (χ2n) is 14.2. The van der Waals surface area contributed by atoms with Gasteiger partial charge in [-0.15, -0.1) is 5.92 Å². The van der Waals surface area contributed by atoms with Crippen LogP contribution in [0.25, 0.3) is 0 Å². The second kappa shape index (κ2) is 25.5. The number of carbonyl (C=O) groups is 4. The summed E-state index contributed by atoms with van der Waals surface area (Å²) in [5.41, 5.74) is -2.36. The molecular weight excluding hydrogens is 646 g/mol. The average Bonchev–Trinajstić information content (AvgIpc) is 3.09. The highest BCUT2D eigenvalue weighted by Crippen LogP contribution is 2.29. The van der Waals surface area contributed by atoms with Crippen molar-refractivity contribution in [1.29, 1.82) is 0 Å². The van der Waals surface area contributed by atoms with Crippen LogP contribution in [0.4, 0.5) is 0 Å². The zero-order chi connectivity index (χ0) is 38.1. The van der Waals surface area contributed by atoms with E-state index in [2.05, 4.69) is 24.1 Å². The van der Waals surface area contributed by atoms with Gasteiger partial charge in [0.15, 0.2) is 11.4 Å². The molecule has 0 spiro atoms. The monoisotopic (exact) mass is 711 g/mol. The molecule has 0 bridgehead atoms. The molecule has 0 aliphatic heterocycles. The van der Waals surface area contributed by atoms with Crippen molar-refractivity contribution in [2.24, 2.45) is 5.92 Å². The molecular formula is C42H65NO8. The highest BCUT2D eigenvalue weighted by Gasteiger charge is 2.49. The van der Waals surface area contributed by atoms with Gasteiger partial charge in [0, 0.05) is 39.4 Å². The molecule has 9 nitrogen and oxygen atoms in total. The number of carbonyl (C=O) groups excluding carboxylic acids is 4. The van der Waals surface area contributed by atoms with Gasteiger partial charge in [0.1, 0.15) is 23.7 Å². The zero-order valence-corrected chi connectivity index (χ0v) is 32.4. The lowest BCUT2D eigenvalue weighted by atomic mass is 9.82. The molecule has 51 heavy (non-hydrogen) atoms. The van der Waals surface area contributed by atoms with Gasteiger partial charge >= 0.3 is 5.97 Å². The normalized spacial score (nSPS) is 13.8. The van der Waals surface area contributed by atoms with Crippen molar-refractivity contribution in [1.82, 2.24) is 5.32 Å². The maximum absolute atomic E-state index is 14.1. The zero-order valence-electron chi connectivity index (χ0n) is 32.4. The number of esters is 1. The van der Waals surface area contributed by atoms with E-state index >= 15 is 0 Å². The van der Waals surface area contributed by atoms with Crippen LogP contribution in [0.15, 0.2) is 36.4 Å². The lowest BCUT2D eigenvalue weighted by molar-refractivity contribution is -0.185. The summed E-state index contributed by atoms with van der Waals surface area (Å²) in [6.07, 6.45) is 14.7. The van der Waals surface area contributed by atoms with Crippen LogP contribution in [0.5, 0.6) is 5.75 Å². The van der Waals surface area contributed by atoms with E-state index in [0.717, 1.165) is 44.1 Å². The van der Waals surface area contributed by atoms with Crippen LogP contribution in [0.1, 0.15) is 137 Å². The van der Waals surface area contributed by atoms with E-state index in [-0.39, 0.29) is 38.3 Å². The maximum Gasteiger partial charge on any atom is 0.339 e. The van der Waals surface area contributed by atoms with E-state index in [1.54, 1.807) is 58.9 Å². The van der Waals surface area contributed by atoms with Crippen LogP contribution in [-0.4, -0.2) is 66.1 Å². The van der Waals surface area contributed by atoms with E-state index in [9.17, 15) is 24.3 Å². The molecule has 286 valence electrons. The number of nitrogens with one attached hydrogen (secondary N) is 1. The van der Waals surface area contributed by atoms with E-state index < -0.39 is 35.0 Å². The Bertz CT molecular complexity index is 1270. The van der Waals surface area contributed by atoms with Gasteiger partial charge in [-0.3, -0.25) is 14.4 Å². The van der Waals surface area contributed by atoms with Gasteiger partial charge in [-0.1, -0.05) is 82.6 Å².